The second-order valence-corrected chi connectivity index (χ2v) is 19.8. The molecule has 0 bridgehead atoms. The molecule has 0 aromatic heterocycles. The number of hydrogen-bond acceptors (Lipinski definition) is 14. The first-order chi connectivity index (χ1) is 33.6. The molecule has 2 saturated heterocycles. The fraction of sp³-hybridized carbons (Fsp3) is 0.909. The van der Waals surface area contributed by atoms with E-state index >= 15 is 0 Å². The van der Waals surface area contributed by atoms with Crippen molar-refractivity contribution in [1.82, 2.24) is 0 Å². The van der Waals surface area contributed by atoms with E-state index in [0.717, 1.165) is 51.4 Å². The molecule has 0 spiro atoms. The van der Waals surface area contributed by atoms with Crippen LogP contribution in [0.25, 0.3) is 0 Å². The Morgan fingerprint density at radius 1 is 0.478 bits per heavy atom. The number of unbranched alkanes of at least 4 members (excludes halogenated alkanes) is 27. The van der Waals surface area contributed by atoms with E-state index in [2.05, 4.69) is 38.2 Å². The SMILES string of the molecule is CCCCC/C=C\C/C=C\CCCCCCCCCC(=O)OC(COCCCCCCCCCCCCCCCCCCCC)COC1OC(COC2OC(CO)C(O)C(O)C2O)C(O)C(O)C1O. The second kappa shape index (κ2) is 42.9. The zero-order valence-electron chi connectivity index (χ0n) is 43.3. The van der Waals surface area contributed by atoms with E-state index in [1.165, 1.54) is 141 Å². The summed E-state index contributed by atoms with van der Waals surface area (Å²) in [5.41, 5.74) is 0. The Labute approximate surface area is 417 Å². The average Bonchev–Trinajstić information content (AvgIpc) is 3.35. The molecule has 2 aliphatic rings. The zero-order chi connectivity index (χ0) is 50.2. The summed E-state index contributed by atoms with van der Waals surface area (Å²) in [7, 11) is 0. The molecule has 2 rings (SSSR count). The molecule has 69 heavy (non-hydrogen) atoms. The quantitative estimate of drug-likeness (QED) is 0.0172. The van der Waals surface area contributed by atoms with Crippen LogP contribution in [0, 0.1) is 0 Å². The molecular formula is C55H102O14. The highest BCUT2D eigenvalue weighted by Gasteiger charge is 2.47. The lowest BCUT2D eigenvalue weighted by atomic mass is 9.98. The summed E-state index contributed by atoms with van der Waals surface area (Å²) in [6, 6.07) is 0. The van der Waals surface area contributed by atoms with Crippen LogP contribution in [0.15, 0.2) is 24.3 Å². The van der Waals surface area contributed by atoms with Gasteiger partial charge in [-0.1, -0.05) is 192 Å². The van der Waals surface area contributed by atoms with Crippen molar-refractivity contribution in [2.24, 2.45) is 0 Å². The summed E-state index contributed by atoms with van der Waals surface area (Å²) in [5.74, 6) is -0.380. The number of carbonyl (C=O) groups is 1. The lowest BCUT2D eigenvalue weighted by Crippen LogP contribution is -2.61. The summed E-state index contributed by atoms with van der Waals surface area (Å²) in [4.78, 5) is 13.0. The van der Waals surface area contributed by atoms with Crippen LogP contribution in [-0.4, -0.2) is 142 Å². The summed E-state index contributed by atoms with van der Waals surface area (Å²) in [6.07, 6.45) is 30.9. The van der Waals surface area contributed by atoms with Gasteiger partial charge in [0.25, 0.3) is 0 Å². The van der Waals surface area contributed by atoms with Crippen LogP contribution in [0.2, 0.25) is 0 Å². The van der Waals surface area contributed by atoms with Gasteiger partial charge in [0, 0.05) is 13.0 Å². The van der Waals surface area contributed by atoms with Crippen molar-refractivity contribution in [3.05, 3.63) is 24.3 Å². The van der Waals surface area contributed by atoms with Gasteiger partial charge in [-0.25, -0.2) is 0 Å². The summed E-state index contributed by atoms with van der Waals surface area (Å²) in [5, 5.41) is 72.2. The van der Waals surface area contributed by atoms with Crippen molar-refractivity contribution < 1.29 is 69.0 Å². The van der Waals surface area contributed by atoms with Gasteiger partial charge in [-0.2, -0.15) is 0 Å². The van der Waals surface area contributed by atoms with Gasteiger partial charge in [-0.15, -0.1) is 0 Å². The Bertz CT molecular complexity index is 1240. The molecule has 0 aromatic carbocycles. The number of allylic oxidation sites excluding steroid dienone is 4. The third kappa shape index (κ3) is 30.3. The molecule has 0 saturated carbocycles. The number of esters is 1. The summed E-state index contributed by atoms with van der Waals surface area (Å²) in [6.45, 7) is 3.69. The first-order valence-electron chi connectivity index (χ1n) is 27.9. The van der Waals surface area contributed by atoms with E-state index in [1.54, 1.807) is 0 Å². The van der Waals surface area contributed by atoms with Gasteiger partial charge in [0.2, 0.25) is 0 Å². The highest BCUT2D eigenvalue weighted by atomic mass is 16.7. The van der Waals surface area contributed by atoms with Crippen LogP contribution >= 0.6 is 0 Å². The van der Waals surface area contributed by atoms with Crippen LogP contribution in [0.4, 0.5) is 0 Å². The minimum Gasteiger partial charge on any atom is -0.457 e. The minimum absolute atomic E-state index is 0.0628. The standard InChI is InChI=1S/C55H102O14/c1-3-5-7-9-11-13-15-17-19-21-23-25-27-29-31-33-35-37-39-64-41-44(67-47(57)38-36-34-32-30-28-26-24-22-20-18-16-14-12-10-8-6-4-2)42-65-54-53(63)51(61)49(59)46(69-54)43-66-55-52(62)50(60)48(58)45(40-56)68-55/h12,14,18,20,44-46,48-56,58-63H,3-11,13,15-17,19,21-43H2,1-2H3/b14-12-,20-18-. The van der Waals surface area contributed by atoms with Crippen molar-refractivity contribution in [3.63, 3.8) is 0 Å². The molecule has 11 atom stereocenters. The number of aliphatic hydroxyl groups excluding tert-OH is 7. The van der Waals surface area contributed by atoms with Gasteiger partial charge >= 0.3 is 5.97 Å². The monoisotopic (exact) mass is 987 g/mol. The molecule has 14 nitrogen and oxygen atoms in total. The Morgan fingerprint density at radius 2 is 0.899 bits per heavy atom. The lowest BCUT2D eigenvalue weighted by molar-refractivity contribution is -0.332. The highest BCUT2D eigenvalue weighted by molar-refractivity contribution is 5.69. The van der Waals surface area contributed by atoms with Gasteiger partial charge in [0.05, 0.1) is 26.4 Å². The van der Waals surface area contributed by atoms with E-state index in [4.69, 9.17) is 28.4 Å². The third-order valence-corrected chi connectivity index (χ3v) is 13.5. The topological polar surface area (TPSA) is 214 Å². The Kier molecular flexibility index (Phi) is 39.6. The van der Waals surface area contributed by atoms with E-state index < -0.39 is 80.7 Å². The average molecular weight is 987 g/mol. The van der Waals surface area contributed by atoms with E-state index in [1.807, 2.05) is 0 Å². The molecule has 2 heterocycles. The summed E-state index contributed by atoms with van der Waals surface area (Å²) < 4.78 is 34.4. The lowest BCUT2D eigenvalue weighted by Gasteiger charge is -2.42. The van der Waals surface area contributed by atoms with E-state index in [0.29, 0.717) is 13.0 Å². The van der Waals surface area contributed by atoms with Crippen molar-refractivity contribution in [1.29, 1.82) is 0 Å². The number of aliphatic hydroxyl groups is 7. The molecule has 0 aromatic rings. The van der Waals surface area contributed by atoms with Crippen molar-refractivity contribution in [2.45, 2.75) is 287 Å². The van der Waals surface area contributed by atoms with Gasteiger partial charge < -0.3 is 64.2 Å². The molecule has 0 radical (unpaired) electrons. The third-order valence-electron chi connectivity index (χ3n) is 13.5. The number of carbonyl (C=O) groups excluding carboxylic acids is 1. The molecule has 7 N–H and O–H groups in total. The zero-order valence-corrected chi connectivity index (χ0v) is 43.3. The fourth-order valence-corrected chi connectivity index (χ4v) is 8.90. The maximum Gasteiger partial charge on any atom is 0.306 e. The molecule has 406 valence electrons. The van der Waals surface area contributed by atoms with Crippen LogP contribution in [0.3, 0.4) is 0 Å². The molecule has 2 fully saturated rings. The maximum atomic E-state index is 13.0. The largest absolute Gasteiger partial charge is 0.457 e. The van der Waals surface area contributed by atoms with Gasteiger partial charge in [-0.3, -0.25) is 4.79 Å². The van der Waals surface area contributed by atoms with Crippen LogP contribution in [0.1, 0.15) is 219 Å². The fourth-order valence-electron chi connectivity index (χ4n) is 8.90. The number of hydrogen-bond donors (Lipinski definition) is 7. The minimum atomic E-state index is -1.71. The second-order valence-electron chi connectivity index (χ2n) is 19.8. The van der Waals surface area contributed by atoms with Crippen molar-refractivity contribution in [3.8, 4) is 0 Å². The Balaban J connectivity index is 1.74. The highest BCUT2D eigenvalue weighted by Crippen LogP contribution is 2.27. The van der Waals surface area contributed by atoms with Crippen LogP contribution in [-0.2, 0) is 33.2 Å². The molecule has 14 heteroatoms. The van der Waals surface area contributed by atoms with Crippen LogP contribution in [0.5, 0.6) is 0 Å². The van der Waals surface area contributed by atoms with Gasteiger partial charge in [0.15, 0.2) is 12.6 Å². The van der Waals surface area contributed by atoms with Gasteiger partial charge in [0.1, 0.15) is 54.9 Å². The molecule has 2 aliphatic heterocycles. The smallest absolute Gasteiger partial charge is 0.306 e. The first kappa shape index (κ1) is 63.6. The van der Waals surface area contributed by atoms with E-state index in [-0.39, 0.29) is 25.6 Å². The van der Waals surface area contributed by atoms with Crippen LogP contribution < -0.4 is 0 Å². The number of ether oxygens (including phenoxy) is 6. The predicted molar refractivity (Wildman–Crippen MR) is 270 cm³/mol. The number of rotatable bonds is 45. The molecule has 0 aliphatic carbocycles. The summed E-state index contributed by atoms with van der Waals surface area (Å²) >= 11 is 0. The molecule has 11 unspecified atom stereocenters. The normalized spacial score (nSPS) is 25.8. The Hall–Kier alpha value is -1.53. The van der Waals surface area contributed by atoms with E-state index in [9.17, 15) is 40.5 Å². The van der Waals surface area contributed by atoms with Crippen molar-refractivity contribution in [2.75, 3.05) is 33.0 Å². The van der Waals surface area contributed by atoms with Crippen molar-refractivity contribution >= 4 is 5.97 Å². The first-order valence-corrected chi connectivity index (χ1v) is 27.9. The maximum absolute atomic E-state index is 13.0. The molecular weight excluding hydrogens is 885 g/mol. The van der Waals surface area contributed by atoms with Gasteiger partial charge in [-0.05, 0) is 44.9 Å². The molecule has 0 amide bonds. The predicted octanol–water partition coefficient (Wildman–Crippen LogP) is 9.19. The Morgan fingerprint density at radius 3 is 1.42 bits per heavy atom.